The summed E-state index contributed by atoms with van der Waals surface area (Å²) in [5.74, 6) is -1.57. The molecule has 158 valence electrons. The van der Waals surface area contributed by atoms with E-state index in [0.717, 1.165) is 10.5 Å². The third kappa shape index (κ3) is 3.30. The van der Waals surface area contributed by atoms with Crippen LogP contribution in [0.3, 0.4) is 0 Å². The highest BCUT2D eigenvalue weighted by molar-refractivity contribution is 6.22. The Morgan fingerprint density at radius 1 is 1.00 bits per heavy atom. The number of hydrogen-bond acceptors (Lipinski definition) is 7. The van der Waals surface area contributed by atoms with Gasteiger partial charge in [0.25, 0.3) is 11.8 Å². The lowest BCUT2D eigenvalue weighted by molar-refractivity contribution is -0.281. The second-order valence-electron chi connectivity index (χ2n) is 7.42. The Kier molecular flexibility index (Phi) is 4.80. The molecular weight excluding hydrogens is 402 g/mol. The number of carbonyl (C=O) groups is 3. The van der Waals surface area contributed by atoms with Crippen LogP contribution in [0.4, 0.5) is 0 Å². The smallest absolute Gasteiger partial charge is 0.303 e. The predicted molar refractivity (Wildman–Crippen MR) is 105 cm³/mol. The van der Waals surface area contributed by atoms with Gasteiger partial charge in [0.15, 0.2) is 18.5 Å². The lowest BCUT2D eigenvalue weighted by Gasteiger charge is -2.43. The van der Waals surface area contributed by atoms with Gasteiger partial charge in [-0.1, -0.05) is 42.5 Å². The van der Waals surface area contributed by atoms with Crippen molar-refractivity contribution in [3.05, 3.63) is 83.2 Å². The molecule has 4 atom stereocenters. The van der Waals surface area contributed by atoms with Crippen LogP contribution in [0.2, 0.25) is 0 Å². The zero-order chi connectivity index (χ0) is 21.5. The fourth-order valence-corrected chi connectivity index (χ4v) is 4.02. The minimum absolute atomic E-state index is 0.122. The third-order valence-electron chi connectivity index (χ3n) is 5.43. The van der Waals surface area contributed by atoms with Crippen molar-refractivity contribution in [2.24, 2.45) is 0 Å². The number of hydrogen-bond donors (Lipinski definition) is 0. The number of fused-ring (bicyclic) bond motifs is 2. The molecule has 1 unspecified atom stereocenters. The molecule has 8 nitrogen and oxygen atoms in total. The van der Waals surface area contributed by atoms with Gasteiger partial charge in [-0.3, -0.25) is 14.4 Å². The van der Waals surface area contributed by atoms with Crippen LogP contribution in [-0.4, -0.2) is 47.6 Å². The van der Waals surface area contributed by atoms with Crippen molar-refractivity contribution in [2.75, 3.05) is 6.61 Å². The Bertz CT molecular complexity index is 1050. The van der Waals surface area contributed by atoms with E-state index >= 15 is 0 Å². The van der Waals surface area contributed by atoms with Gasteiger partial charge in [0, 0.05) is 12.5 Å². The molecule has 2 amide bonds. The summed E-state index contributed by atoms with van der Waals surface area (Å²) >= 11 is 0. The minimum atomic E-state index is -1.02. The van der Waals surface area contributed by atoms with Gasteiger partial charge in [-0.05, 0) is 12.1 Å². The first-order valence-corrected chi connectivity index (χ1v) is 9.87. The molecule has 3 aliphatic rings. The summed E-state index contributed by atoms with van der Waals surface area (Å²) in [5, 5.41) is 0. The standard InChI is InChI=1S/C23H19NO7/c1-13(25)30-19-17(24-21(26)15-9-5-6-10-16(15)22(24)27)11-28-18-12-29-23(31-20(18)19)14-7-3-2-4-8-14/h2-11,18-20,23H,12H2,1H3/t18-,19-,20-,23?/m1/s1. The average molecular weight is 421 g/mol. The highest BCUT2D eigenvalue weighted by Crippen LogP contribution is 2.38. The zero-order valence-corrected chi connectivity index (χ0v) is 16.6. The van der Waals surface area contributed by atoms with Crippen molar-refractivity contribution in [3.63, 3.8) is 0 Å². The molecular formula is C23H19NO7. The molecule has 3 aliphatic heterocycles. The summed E-state index contributed by atoms with van der Waals surface area (Å²) in [5.41, 5.74) is 1.48. The van der Waals surface area contributed by atoms with Crippen molar-refractivity contribution in [1.29, 1.82) is 0 Å². The molecule has 0 radical (unpaired) electrons. The number of esters is 1. The summed E-state index contributed by atoms with van der Waals surface area (Å²) in [7, 11) is 0. The number of imide groups is 1. The first kappa shape index (κ1) is 19.5. The van der Waals surface area contributed by atoms with Gasteiger partial charge in [0.1, 0.15) is 18.1 Å². The van der Waals surface area contributed by atoms with E-state index in [9.17, 15) is 14.4 Å². The number of nitrogens with zero attached hydrogens (tertiary/aromatic N) is 1. The zero-order valence-electron chi connectivity index (χ0n) is 16.6. The quantitative estimate of drug-likeness (QED) is 0.556. The normalized spacial score (nSPS) is 27.1. The Balaban J connectivity index is 1.49. The third-order valence-corrected chi connectivity index (χ3v) is 5.43. The largest absolute Gasteiger partial charge is 0.491 e. The number of rotatable bonds is 3. The molecule has 0 N–H and O–H groups in total. The van der Waals surface area contributed by atoms with Crippen LogP contribution in [0, 0.1) is 0 Å². The van der Waals surface area contributed by atoms with Crippen LogP contribution in [0.1, 0.15) is 39.5 Å². The van der Waals surface area contributed by atoms with E-state index in [1.807, 2.05) is 30.3 Å². The van der Waals surface area contributed by atoms with E-state index in [1.165, 1.54) is 13.2 Å². The van der Waals surface area contributed by atoms with E-state index in [0.29, 0.717) is 0 Å². The lowest BCUT2D eigenvalue weighted by atomic mass is 10.0. The van der Waals surface area contributed by atoms with Gasteiger partial charge in [0.05, 0.1) is 17.7 Å². The maximum absolute atomic E-state index is 13.0. The van der Waals surface area contributed by atoms with Crippen LogP contribution in [-0.2, 0) is 23.7 Å². The van der Waals surface area contributed by atoms with Gasteiger partial charge in [0.2, 0.25) is 0 Å². The second kappa shape index (κ2) is 7.64. The van der Waals surface area contributed by atoms with Gasteiger partial charge in [-0.25, -0.2) is 4.90 Å². The monoisotopic (exact) mass is 421 g/mol. The lowest BCUT2D eigenvalue weighted by Crippen LogP contribution is -2.55. The molecule has 31 heavy (non-hydrogen) atoms. The van der Waals surface area contributed by atoms with Crippen LogP contribution in [0.25, 0.3) is 0 Å². The topological polar surface area (TPSA) is 91.4 Å². The molecule has 2 aromatic rings. The first-order valence-electron chi connectivity index (χ1n) is 9.87. The number of carbonyl (C=O) groups excluding carboxylic acids is 3. The van der Waals surface area contributed by atoms with Gasteiger partial charge < -0.3 is 18.9 Å². The van der Waals surface area contributed by atoms with Crippen molar-refractivity contribution in [2.45, 2.75) is 31.5 Å². The predicted octanol–water partition coefficient (Wildman–Crippen LogP) is 2.57. The van der Waals surface area contributed by atoms with E-state index in [4.69, 9.17) is 18.9 Å². The molecule has 0 saturated carbocycles. The summed E-state index contributed by atoms with van der Waals surface area (Å²) < 4.78 is 23.2. The van der Waals surface area contributed by atoms with E-state index in [1.54, 1.807) is 24.3 Å². The van der Waals surface area contributed by atoms with E-state index < -0.39 is 42.4 Å². The van der Waals surface area contributed by atoms with Crippen molar-refractivity contribution in [1.82, 2.24) is 4.90 Å². The molecule has 5 rings (SSSR count). The maximum atomic E-state index is 13.0. The fourth-order valence-electron chi connectivity index (χ4n) is 4.02. The fraction of sp³-hybridized carbons (Fsp3) is 0.261. The first-order chi connectivity index (χ1) is 15.0. The summed E-state index contributed by atoms with van der Waals surface area (Å²) in [6.45, 7) is 1.45. The molecule has 3 heterocycles. The summed E-state index contributed by atoms with van der Waals surface area (Å²) in [6.07, 6.45) is -1.78. The molecule has 0 bridgehead atoms. The molecule has 2 aromatic carbocycles. The number of benzene rings is 2. The Morgan fingerprint density at radius 2 is 1.65 bits per heavy atom. The molecule has 0 spiro atoms. The molecule has 0 aromatic heterocycles. The second-order valence-corrected chi connectivity index (χ2v) is 7.42. The SMILES string of the molecule is CC(=O)O[C@@H]1C(N2C(=O)c3ccccc3C2=O)=CO[C@@H]2COC(c3ccccc3)O[C@@H]12. The van der Waals surface area contributed by atoms with Crippen molar-refractivity contribution < 1.29 is 33.3 Å². The van der Waals surface area contributed by atoms with E-state index in [2.05, 4.69) is 0 Å². The molecule has 1 fully saturated rings. The van der Waals surface area contributed by atoms with Gasteiger partial charge in [-0.2, -0.15) is 0 Å². The molecule has 8 heteroatoms. The molecule has 0 aliphatic carbocycles. The number of ether oxygens (including phenoxy) is 4. The maximum Gasteiger partial charge on any atom is 0.303 e. The Hall–Kier alpha value is -3.49. The van der Waals surface area contributed by atoms with Crippen LogP contribution < -0.4 is 0 Å². The Morgan fingerprint density at radius 3 is 2.29 bits per heavy atom. The minimum Gasteiger partial charge on any atom is -0.491 e. The summed E-state index contributed by atoms with van der Waals surface area (Å²) in [6, 6.07) is 15.9. The van der Waals surface area contributed by atoms with Crippen LogP contribution in [0.5, 0.6) is 0 Å². The van der Waals surface area contributed by atoms with Crippen molar-refractivity contribution >= 4 is 17.8 Å². The Labute approximate surface area is 177 Å². The van der Waals surface area contributed by atoms with Gasteiger partial charge >= 0.3 is 5.97 Å². The van der Waals surface area contributed by atoms with Crippen LogP contribution >= 0.6 is 0 Å². The summed E-state index contributed by atoms with van der Waals surface area (Å²) in [4.78, 5) is 38.9. The van der Waals surface area contributed by atoms with E-state index in [-0.39, 0.29) is 23.4 Å². The van der Waals surface area contributed by atoms with Crippen molar-refractivity contribution in [3.8, 4) is 0 Å². The highest BCUT2D eigenvalue weighted by atomic mass is 16.7. The van der Waals surface area contributed by atoms with Crippen LogP contribution in [0.15, 0.2) is 66.6 Å². The highest BCUT2D eigenvalue weighted by Gasteiger charge is 2.50. The number of amides is 2. The average Bonchev–Trinajstić information content (AvgIpc) is 3.04. The van der Waals surface area contributed by atoms with Gasteiger partial charge in [-0.15, -0.1) is 0 Å². The molecule has 1 saturated heterocycles.